The third kappa shape index (κ3) is 4.95. The molecule has 55 heavy (non-hydrogen) atoms. The molecule has 0 amide bonds. The van der Waals surface area contributed by atoms with Crippen LogP contribution in [-0.4, -0.2) is 0 Å². The number of para-hydroxylation sites is 2. The summed E-state index contributed by atoms with van der Waals surface area (Å²) in [6, 6.07) is 68.6. The van der Waals surface area contributed by atoms with E-state index < -0.39 is 0 Å². The zero-order chi connectivity index (χ0) is 36.7. The molecule has 0 unspecified atom stereocenters. The molecule has 0 bridgehead atoms. The lowest BCUT2D eigenvalue weighted by Gasteiger charge is -2.29. The molecule has 1 aromatic heterocycles. The van der Waals surface area contributed by atoms with Gasteiger partial charge in [-0.1, -0.05) is 147 Å². The van der Waals surface area contributed by atoms with Crippen molar-refractivity contribution in [3.8, 4) is 33.4 Å². The van der Waals surface area contributed by atoms with Crippen molar-refractivity contribution >= 4 is 60.5 Å². The average Bonchev–Trinajstić information content (AvgIpc) is 3.73. The lowest BCUT2D eigenvalue weighted by atomic mass is 9.82. The van der Waals surface area contributed by atoms with Crippen molar-refractivity contribution in [1.29, 1.82) is 0 Å². The van der Waals surface area contributed by atoms with E-state index in [0.29, 0.717) is 0 Å². The summed E-state index contributed by atoms with van der Waals surface area (Å²) in [4.78, 5) is 2.43. The zero-order valence-corrected chi connectivity index (χ0v) is 30.8. The van der Waals surface area contributed by atoms with E-state index in [4.69, 9.17) is 4.42 Å². The van der Waals surface area contributed by atoms with Gasteiger partial charge in [0.05, 0.1) is 5.69 Å². The first-order chi connectivity index (χ1) is 27.0. The summed E-state index contributed by atoms with van der Waals surface area (Å²) in [5, 5.41) is 7.22. The molecule has 9 aromatic carbocycles. The maximum atomic E-state index is 6.19. The Hall–Kier alpha value is -6.90. The van der Waals surface area contributed by atoms with Crippen LogP contribution in [0.3, 0.4) is 0 Å². The summed E-state index contributed by atoms with van der Waals surface area (Å²) >= 11 is 0. The van der Waals surface area contributed by atoms with E-state index >= 15 is 0 Å². The van der Waals surface area contributed by atoms with Crippen LogP contribution in [0.1, 0.15) is 25.0 Å². The number of fused-ring (bicyclic) bond motifs is 9. The SMILES string of the molecule is CC1(C)c2ccccc2-c2cc(N(c3ccc(-c4ccc5c(ccc6oc7ccccc7c65)c4)cc3)c3ccccc3-c3ccc4ccccc4c3)ccc21. The van der Waals surface area contributed by atoms with E-state index in [1.165, 1.54) is 71.4 Å². The largest absolute Gasteiger partial charge is 0.456 e. The number of hydrogen-bond acceptors (Lipinski definition) is 2. The van der Waals surface area contributed by atoms with E-state index in [9.17, 15) is 0 Å². The molecule has 0 saturated carbocycles. The van der Waals surface area contributed by atoms with E-state index in [0.717, 1.165) is 33.6 Å². The summed E-state index contributed by atoms with van der Waals surface area (Å²) < 4.78 is 6.19. The summed E-state index contributed by atoms with van der Waals surface area (Å²) in [6.45, 7) is 4.69. The molecule has 2 heteroatoms. The summed E-state index contributed by atoms with van der Waals surface area (Å²) in [7, 11) is 0. The number of furan rings is 1. The van der Waals surface area contributed by atoms with Gasteiger partial charge in [-0.25, -0.2) is 0 Å². The van der Waals surface area contributed by atoms with Crippen molar-refractivity contribution in [3.63, 3.8) is 0 Å². The lowest BCUT2D eigenvalue weighted by Crippen LogP contribution is -2.15. The van der Waals surface area contributed by atoms with Crippen LogP contribution in [0.25, 0.3) is 76.9 Å². The predicted octanol–water partition coefficient (Wildman–Crippen LogP) is 15.0. The van der Waals surface area contributed by atoms with Crippen LogP contribution >= 0.6 is 0 Å². The van der Waals surface area contributed by atoms with Gasteiger partial charge in [0.15, 0.2) is 0 Å². The van der Waals surface area contributed by atoms with Gasteiger partial charge in [0.25, 0.3) is 0 Å². The Kier molecular flexibility index (Phi) is 6.93. The van der Waals surface area contributed by atoms with Crippen molar-refractivity contribution in [1.82, 2.24) is 0 Å². The molecule has 11 rings (SSSR count). The van der Waals surface area contributed by atoms with E-state index in [1.54, 1.807) is 0 Å². The number of benzene rings is 9. The van der Waals surface area contributed by atoms with Crippen LogP contribution < -0.4 is 4.90 Å². The van der Waals surface area contributed by atoms with Crippen molar-refractivity contribution in [2.45, 2.75) is 19.3 Å². The van der Waals surface area contributed by atoms with E-state index in [-0.39, 0.29) is 5.41 Å². The first-order valence-corrected chi connectivity index (χ1v) is 19.1. The van der Waals surface area contributed by atoms with Gasteiger partial charge in [-0.2, -0.15) is 0 Å². The molecule has 0 aliphatic heterocycles. The molecule has 2 nitrogen and oxygen atoms in total. The molecule has 0 spiro atoms. The Balaban J connectivity index is 1.05. The Labute approximate surface area is 320 Å². The Morgan fingerprint density at radius 3 is 1.95 bits per heavy atom. The zero-order valence-electron chi connectivity index (χ0n) is 30.8. The smallest absolute Gasteiger partial charge is 0.136 e. The topological polar surface area (TPSA) is 16.4 Å². The molecule has 0 fully saturated rings. The fourth-order valence-corrected chi connectivity index (χ4v) is 9.08. The molecule has 0 radical (unpaired) electrons. The highest BCUT2D eigenvalue weighted by Gasteiger charge is 2.35. The first-order valence-electron chi connectivity index (χ1n) is 19.1. The fraction of sp³-hybridized carbons (Fsp3) is 0.0566. The number of hydrogen-bond donors (Lipinski definition) is 0. The van der Waals surface area contributed by atoms with Crippen molar-refractivity contribution in [3.05, 3.63) is 199 Å². The van der Waals surface area contributed by atoms with Gasteiger partial charge in [0, 0.05) is 33.1 Å². The monoisotopic (exact) mass is 703 g/mol. The summed E-state index contributed by atoms with van der Waals surface area (Å²) in [5.74, 6) is 0. The Morgan fingerprint density at radius 2 is 1.05 bits per heavy atom. The minimum Gasteiger partial charge on any atom is -0.456 e. The molecule has 1 aliphatic carbocycles. The van der Waals surface area contributed by atoms with Gasteiger partial charge in [-0.3, -0.25) is 0 Å². The average molecular weight is 704 g/mol. The van der Waals surface area contributed by atoms with Gasteiger partial charge < -0.3 is 9.32 Å². The third-order valence-electron chi connectivity index (χ3n) is 11.8. The van der Waals surface area contributed by atoms with Crippen molar-refractivity contribution in [2.24, 2.45) is 0 Å². The maximum absolute atomic E-state index is 6.19. The van der Waals surface area contributed by atoms with Crippen molar-refractivity contribution in [2.75, 3.05) is 4.90 Å². The van der Waals surface area contributed by atoms with Crippen LogP contribution in [0.4, 0.5) is 17.1 Å². The van der Waals surface area contributed by atoms with Gasteiger partial charge in [-0.05, 0) is 115 Å². The third-order valence-corrected chi connectivity index (χ3v) is 11.8. The highest BCUT2D eigenvalue weighted by atomic mass is 16.3. The second-order valence-corrected chi connectivity index (χ2v) is 15.3. The molecule has 10 aromatic rings. The predicted molar refractivity (Wildman–Crippen MR) is 232 cm³/mol. The molecule has 0 saturated heterocycles. The molecular formula is C53H37NO. The Bertz CT molecular complexity index is 3130. The molecule has 0 atom stereocenters. The first kappa shape index (κ1) is 31.6. The Morgan fingerprint density at radius 1 is 0.400 bits per heavy atom. The van der Waals surface area contributed by atoms with E-state index in [1.807, 2.05) is 12.1 Å². The minimum atomic E-state index is -0.0592. The van der Waals surface area contributed by atoms with Gasteiger partial charge >= 0.3 is 0 Å². The molecular weight excluding hydrogens is 667 g/mol. The number of anilines is 3. The second kappa shape index (κ2) is 12.1. The van der Waals surface area contributed by atoms with Crippen molar-refractivity contribution < 1.29 is 4.42 Å². The summed E-state index contributed by atoms with van der Waals surface area (Å²) in [6.07, 6.45) is 0. The quantitative estimate of drug-likeness (QED) is 0.177. The maximum Gasteiger partial charge on any atom is 0.136 e. The second-order valence-electron chi connectivity index (χ2n) is 15.3. The van der Waals surface area contributed by atoms with Crippen LogP contribution in [0.15, 0.2) is 192 Å². The van der Waals surface area contributed by atoms with Crippen LogP contribution in [0, 0.1) is 0 Å². The van der Waals surface area contributed by atoms with Crippen LogP contribution in [0.5, 0.6) is 0 Å². The lowest BCUT2D eigenvalue weighted by molar-refractivity contribution is 0.660. The molecule has 1 heterocycles. The molecule has 0 N–H and O–H groups in total. The fourth-order valence-electron chi connectivity index (χ4n) is 9.08. The molecule has 1 aliphatic rings. The van der Waals surface area contributed by atoms with Gasteiger partial charge in [0.1, 0.15) is 11.2 Å². The van der Waals surface area contributed by atoms with Gasteiger partial charge in [0.2, 0.25) is 0 Å². The highest BCUT2D eigenvalue weighted by Crippen LogP contribution is 2.51. The standard InChI is InChI=1S/C53H37NO/c1-53(2)47-16-8-5-14-44(47)46-33-41(27-29-48(46)53)54(49-17-9-6-13-42(49)38-20-19-34-11-3-4-12-36(34)31-38)40-25-21-35(22-26-40)37-23-28-43-39(32-37)24-30-51-52(43)45-15-7-10-18-50(45)55-51/h3-33H,1-2H3. The number of rotatable bonds is 5. The number of nitrogens with zero attached hydrogens (tertiary/aromatic N) is 1. The normalized spacial score (nSPS) is 13.1. The van der Waals surface area contributed by atoms with Crippen LogP contribution in [-0.2, 0) is 5.41 Å². The van der Waals surface area contributed by atoms with Gasteiger partial charge in [-0.15, -0.1) is 0 Å². The molecule has 260 valence electrons. The summed E-state index contributed by atoms with van der Waals surface area (Å²) in [5.41, 5.74) is 15.3. The highest BCUT2D eigenvalue weighted by molar-refractivity contribution is 6.19. The minimum absolute atomic E-state index is 0.0592. The van der Waals surface area contributed by atoms with Crippen LogP contribution in [0.2, 0.25) is 0 Å². The van der Waals surface area contributed by atoms with E-state index in [2.05, 4.69) is 195 Å².